The van der Waals surface area contributed by atoms with Crippen LogP contribution in [-0.2, 0) is 6.42 Å². The van der Waals surface area contributed by atoms with Crippen LogP contribution in [0.4, 0.5) is 0 Å². The Hall–Kier alpha value is -0.410. The van der Waals surface area contributed by atoms with E-state index in [4.69, 9.17) is 0 Å². The third-order valence-corrected chi connectivity index (χ3v) is 3.30. The highest BCUT2D eigenvalue weighted by atomic mass is 32.1. The lowest BCUT2D eigenvalue weighted by Crippen LogP contribution is -2.12. The lowest BCUT2D eigenvalue weighted by Gasteiger charge is -2.03. The average Bonchev–Trinajstić information content (AvgIpc) is 2.75. The summed E-state index contributed by atoms with van der Waals surface area (Å²) in [7, 11) is 0. The minimum Gasteiger partial charge on any atom is -0.308 e. The SMILES string of the molecule is CCc1csc(C2CCCN2)n1. The molecule has 2 heterocycles. The Kier molecular flexibility index (Phi) is 2.42. The van der Waals surface area contributed by atoms with Crippen molar-refractivity contribution in [3.8, 4) is 0 Å². The van der Waals surface area contributed by atoms with Crippen molar-refractivity contribution < 1.29 is 0 Å². The minimum absolute atomic E-state index is 0.551. The first kappa shape index (κ1) is 8.20. The lowest BCUT2D eigenvalue weighted by atomic mass is 10.2. The molecule has 0 aromatic carbocycles. The highest BCUT2D eigenvalue weighted by Gasteiger charge is 2.18. The summed E-state index contributed by atoms with van der Waals surface area (Å²) in [6.45, 7) is 3.31. The molecule has 0 radical (unpaired) electrons. The quantitative estimate of drug-likeness (QED) is 0.758. The standard InChI is InChI=1S/C9H14N2S/c1-2-7-6-12-9(11-7)8-4-3-5-10-8/h6,8,10H,2-5H2,1H3. The maximum Gasteiger partial charge on any atom is 0.110 e. The number of rotatable bonds is 2. The zero-order valence-corrected chi connectivity index (χ0v) is 8.16. The molecule has 1 aromatic rings. The van der Waals surface area contributed by atoms with Gasteiger partial charge in [0.1, 0.15) is 5.01 Å². The molecule has 0 amide bonds. The highest BCUT2D eigenvalue weighted by Crippen LogP contribution is 2.25. The largest absolute Gasteiger partial charge is 0.308 e. The van der Waals surface area contributed by atoms with Crippen LogP contribution >= 0.6 is 11.3 Å². The van der Waals surface area contributed by atoms with Gasteiger partial charge >= 0.3 is 0 Å². The Bertz CT molecular complexity index is 251. The summed E-state index contributed by atoms with van der Waals surface area (Å²) in [5.41, 5.74) is 1.24. The van der Waals surface area contributed by atoms with Crippen molar-refractivity contribution in [1.29, 1.82) is 0 Å². The van der Waals surface area contributed by atoms with Crippen molar-refractivity contribution in [1.82, 2.24) is 10.3 Å². The Labute approximate surface area is 77.0 Å². The van der Waals surface area contributed by atoms with Crippen LogP contribution < -0.4 is 5.32 Å². The zero-order chi connectivity index (χ0) is 8.39. The summed E-state index contributed by atoms with van der Waals surface area (Å²) < 4.78 is 0. The number of aryl methyl sites for hydroxylation is 1. The summed E-state index contributed by atoms with van der Waals surface area (Å²) in [5, 5.41) is 6.92. The third-order valence-electron chi connectivity index (χ3n) is 2.29. The van der Waals surface area contributed by atoms with E-state index < -0.39 is 0 Å². The summed E-state index contributed by atoms with van der Waals surface area (Å²) >= 11 is 1.80. The van der Waals surface area contributed by atoms with Crippen LogP contribution in [0.5, 0.6) is 0 Å². The van der Waals surface area contributed by atoms with Crippen LogP contribution in [-0.4, -0.2) is 11.5 Å². The first-order valence-corrected chi connectivity index (χ1v) is 5.46. The second-order valence-corrected chi connectivity index (χ2v) is 4.07. The van der Waals surface area contributed by atoms with Gasteiger partial charge in [-0.3, -0.25) is 0 Å². The van der Waals surface area contributed by atoms with E-state index in [1.165, 1.54) is 23.5 Å². The number of nitrogens with zero attached hydrogens (tertiary/aromatic N) is 1. The topological polar surface area (TPSA) is 24.9 Å². The number of aromatic nitrogens is 1. The van der Waals surface area contributed by atoms with Gasteiger partial charge < -0.3 is 5.32 Å². The van der Waals surface area contributed by atoms with Crippen molar-refractivity contribution in [2.75, 3.05) is 6.54 Å². The molecule has 1 unspecified atom stereocenters. The molecule has 1 aliphatic heterocycles. The van der Waals surface area contributed by atoms with E-state index in [0.717, 1.165) is 13.0 Å². The predicted molar refractivity (Wildman–Crippen MR) is 51.5 cm³/mol. The highest BCUT2D eigenvalue weighted by molar-refractivity contribution is 7.09. The van der Waals surface area contributed by atoms with Gasteiger partial charge in [0.15, 0.2) is 0 Å². The van der Waals surface area contributed by atoms with Crippen molar-refractivity contribution in [3.63, 3.8) is 0 Å². The number of hydrogen-bond donors (Lipinski definition) is 1. The van der Waals surface area contributed by atoms with Crippen LogP contribution in [0.2, 0.25) is 0 Å². The van der Waals surface area contributed by atoms with E-state index in [0.29, 0.717) is 6.04 Å². The minimum atomic E-state index is 0.551. The van der Waals surface area contributed by atoms with Gasteiger partial charge in [-0.25, -0.2) is 4.98 Å². The van der Waals surface area contributed by atoms with Crippen LogP contribution in [0.1, 0.15) is 36.5 Å². The lowest BCUT2D eigenvalue weighted by molar-refractivity contribution is 0.640. The third kappa shape index (κ3) is 1.52. The molecule has 1 aromatic heterocycles. The van der Waals surface area contributed by atoms with Gasteiger partial charge in [-0.05, 0) is 25.8 Å². The molecule has 66 valence electrons. The molecule has 1 aliphatic rings. The van der Waals surface area contributed by atoms with Crippen LogP contribution in [0, 0.1) is 0 Å². The Morgan fingerprint density at radius 3 is 3.25 bits per heavy atom. The molecule has 2 nitrogen and oxygen atoms in total. The fraction of sp³-hybridized carbons (Fsp3) is 0.667. The zero-order valence-electron chi connectivity index (χ0n) is 7.34. The van der Waals surface area contributed by atoms with E-state index in [1.807, 2.05) is 0 Å². The average molecular weight is 182 g/mol. The first-order chi connectivity index (χ1) is 5.90. The Balaban J connectivity index is 2.11. The van der Waals surface area contributed by atoms with E-state index in [1.54, 1.807) is 11.3 Å². The van der Waals surface area contributed by atoms with Gasteiger partial charge in [-0.1, -0.05) is 6.92 Å². The van der Waals surface area contributed by atoms with E-state index in [9.17, 15) is 0 Å². The fourth-order valence-electron chi connectivity index (χ4n) is 1.54. The maximum atomic E-state index is 4.57. The van der Waals surface area contributed by atoms with Gasteiger partial charge in [-0.2, -0.15) is 0 Å². The fourth-order valence-corrected chi connectivity index (χ4v) is 2.55. The molecule has 0 bridgehead atoms. The van der Waals surface area contributed by atoms with E-state index in [2.05, 4.69) is 22.6 Å². The predicted octanol–water partition coefficient (Wildman–Crippen LogP) is 2.13. The molecule has 1 fully saturated rings. The molecule has 1 saturated heterocycles. The molecule has 0 saturated carbocycles. The summed E-state index contributed by atoms with van der Waals surface area (Å²) in [4.78, 5) is 4.57. The molecule has 2 rings (SSSR count). The van der Waals surface area contributed by atoms with Gasteiger partial charge in [-0.15, -0.1) is 11.3 Å². The number of hydrogen-bond acceptors (Lipinski definition) is 3. The van der Waals surface area contributed by atoms with E-state index in [-0.39, 0.29) is 0 Å². The van der Waals surface area contributed by atoms with Crippen LogP contribution in [0.25, 0.3) is 0 Å². The van der Waals surface area contributed by atoms with Crippen LogP contribution in [0.15, 0.2) is 5.38 Å². The molecular weight excluding hydrogens is 168 g/mol. The molecule has 12 heavy (non-hydrogen) atoms. The van der Waals surface area contributed by atoms with Crippen molar-refractivity contribution in [2.45, 2.75) is 32.2 Å². The Morgan fingerprint density at radius 1 is 1.75 bits per heavy atom. The molecule has 1 N–H and O–H groups in total. The van der Waals surface area contributed by atoms with Crippen LogP contribution in [0.3, 0.4) is 0 Å². The molecule has 3 heteroatoms. The second kappa shape index (κ2) is 3.54. The van der Waals surface area contributed by atoms with Crippen molar-refractivity contribution >= 4 is 11.3 Å². The number of nitrogens with one attached hydrogen (secondary N) is 1. The molecule has 0 aliphatic carbocycles. The van der Waals surface area contributed by atoms with Crippen molar-refractivity contribution in [3.05, 3.63) is 16.1 Å². The molecule has 0 spiro atoms. The summed E-state index contributed by atoms with van der Waals surface area (Å²) in [6.07, 6.45) is 3.62. The molecular formula is C9H14N2S. The smallest absolute Gasteiger partial charge is 0.110 e. The normalized spacial score (nSPS) is 23.2. The Morgan fingerprint density at radius 2 is 2.67 bits per heavy atom. The summed E-state index contributed by atoms with van der Waals surface area (Å²) in [5.74, 6) is 0. The van der Waals surface area contributed by atoms with Gasteiger partial charge in [0.2, 0.25) is 0 Å². The van der Waals surface area contributed by atoms with Gasteiger partial charge in [0.05, 0.1) is 11.7 Å². The molecule has 1 atom stereocenters. The monoisotopic (exact) mass is 182 g/mol. The van der Waals surface area contributed by atoms with Gasteiger partial charge in [0, 0.05) is 5.38 Å². The number of thiazole rings is 1. The van der Waals surface area contributed by atoms with E-state index >= 15 is 0 Å². The maximum absolute atomic E-state index is 4.57. The van der Waals surface area contributed by atoms with Gasteiger partial charge in [0.25, 0.3) is 0 Å². The summed E-state index contributed by atoms with van der Waals surface area (Å²) in [6, 6.07) is 0.551. The van der Waals surface area contributed by atoms with Crippen molar-refractivity contribution in [2.24, 2.45) is 0 Å². The second-order valence-electron chi connectivity index (χ2n) is 3.18. The first-order valence-electron chi connectivity index (χ1n) is 4.58.